The zero-order valence-electron chi connectivity index (χ0n) is 13.7. The van der Waals surface area contributed by atoms with Gasteiger partial charge in [0, 0.05) is 6.04 Å². The first-order valence-electron chi connectivity index (χ1n) is 8.02. The second-order valence-corrected chi connectivity index (χ2v) is 7.75. The first-order chi connectivity index (χ1) is 9.96. The first kappa shape index (κ1) is 18.2. The van der Waals surface area contributed by atoms with Crippen LogP contribution in [0.1, 0.15) is 58.4 Å². The Bertz CT molecular complexity index is 508. The Balaban J connectivity index is 2.86. The summed E-state index contributed by atoms with van der Waals surface area (Å²) in [6.07, 6.45) is 2.84. The highest BCUT2D eigenvalue weighted by Gasteiger charge is 2.18. The summed E-state index contributed by atoms with van der Waals surface area (Å²) in [5.74, 6) is 0.599. The van der Waals surface area contributed by atoms with Gasteiger partial charge in [0.25, 0.3) is 0 Å². The number of hydrogen-bond donors (Lipinski definition) is 1. The zero-order chi connectivity index (χ0) is 15.9. The van der Waals surface area contributed by atoms with Gasteiger partial charge in [-0.25, -0.2) is 8.42 Å². The van der Waals surface area contributed by atoms with Crippen molar-refractivity contribution in [2.45, 2.75) is 63.8 Å². The third-order valence-corrected chi connectivity index (χ3v) is 5.87. The van der Waals surface area contributed by atoms with E-state index in [0.29, 0.717) is 23.3 Å². The van der Waals surface area contributed by atoms with E-state index in [9.17, 15) is 8.42 Å². The minimum Gasteiger partial charge on any atom is -0.313 e. The molecule has 120 valence electrons. The topological polar surface area (TPSA) is 46.2 Å². The lowest BCUT2D eigenvalue weighted by Crippen LogP contribution is -2.33. The molecule has 0 heterocycles. The summed E-state index contributed by atoms with van der Waals surface area (Å²) in [7, 11) is -3.11. The molecule has 0 aromatic heterocycles. The van der Waals surface area contributed by atoms with Gasteiger partial charge in [0.2, 0.25) is 0 Å². The van der Waals surface area contributed by atoms with E-state index in [4.69, 9.17) is 0 Å². The maximum atomic E-state index is 12.0. The van der Waals surface area contributed by atoms with Gasteiger partial charge in [0.1, 0.15) is 0 Å². The molecule has 0 radical (unpaired) electrons. The molecule has 0 fully saturated rings. The molecule has 0 amide bonds. The maximum Gasteiger partial charge on any atom is 0.178 e. The minimum absolute atomic E-state index is 0.220. The fourth-order valence-electron chi connectivity index (χ4n) is 2.60. The molecule has 0 aliphatic carbocycles. The van der Waals surface area contributed by atoms with Crippen molar-refractivity contribution >= 4 is 9.84 Å². The van der Waals surface area contributed by atoms with Crippen molar-refractivity contribution in [3.63, 3.8) is 0 Å². The van der Waals surface area contributed by atoms with E-state index in [1.165, 1.54) is 5.56 Å². The number of hydrogen-bond acceptors (Lipinski definition) is 3. The molecule has 0 aliphatic heterocycles. The van der Waals surface area contributed by atoms with Crippen LogP contribution in [0.3, 0.4) is 0 Å². The maximum absolute atomic E-state index is 12.0. The van der Waals surface area contributed by atoms with Crippen LogP contribution in [0.15, 0.2) is 29.2 Å². The van der Waals surface area contributed by atoms with Gasteiger partial charge >= 0.3 is 0 Å². The molecule has 2 atom stereocenters. The second-order valence-electron chi connectivity index (χ2n) is 5.65. The van der Waals surface area contributed by atoms with Gasteiger partial charge in [-0.2, -0.15) is 0 Å². The lowest BCUT2D eigenvalue weighted by atomic mass is 9.91. The lowest BCUT2D eigenvalue weighted by molar-refractivity contribution is 0.438. The van der Waals surface area contributed by atoms with E-state index in [0.717, 1.165) is 19.4 Å². The molecule has 0 saturated heterocycles. The van der Waals surface area contributed by atoms with Crippen LogP contribution in [-0.2, 0) is 9.84 Å². The summed E-state index contributed by atoms with van der Waals surface area (Å²) in [5, 5.41) is 3.56. The summed E-state index contributed by atoms with van der Waals surface area (Å²) in [5.41, 5.74) is 1.20. The molecule has 1 rings (SSSR count). The van der Waals surface area contributed by atoms with Gasteiger partial charge in [-0.1, -0.05) is 39.8 Å². The van der Waals surface area contributed by atoms with Gasteiger partial charge in [-0.3, -0.25) is 0 Å². The molecule has 1 N–H and O–H groups in total. The van der Waals surface area contributed by atoms with Crippen molar-refractivity contribution in [1.82, 2.24) is 5.32 Å². The van der Waals surface area contributed by atoms with Crippen LogP contribution in [0.25, 0.3) is 0 Å². The van der Waals surface area contributed by atoms with Crippen molar-refractivity contribution in [2.24, 2.45) is 0 Å². The Morgan fingerprint density at radius 3 is 2.14 bits per heavy atom. The van der Waals surface area contributed by atoms with E-state index in [-0.39, 0.29) is 5.75 Å². The summed E-state index contributed by atoms with van der Waals surface area (Å²) in [4.78, 5) is 0.440. The van der Waals surface area contributed by atoms with Crippen molar-refractivity contribution in [2.75, 3.05) is 12.3 Å². The van der Waals surface area contributed by atoms with Gasteiger partial charge in [-0.15, -0.1) is 0 Å². The van der Waals surface area contributed by atoms with Crippen molar-refractivity contribution in [1.29, 1.82) is 0 Å². The molecule has 0 aliphatic rings. The van der Waals surface area contributed by atoms with Crippen LogP contribution < -0.4 is 5.32 Å². The fraction of sp³-hybridized carbons (Fsp3) is 0.647. The Morgan fingerprint density at radius 2 is 1.67 bits per heavy atom. The predicted octanol–water partition coefficient (Wildman–Crippen LogP) is 3.75. The number of nitrogens with one attached hydrogen (secondary N) is 1. The van der Waals surface area contributed by atoms with Crippen LogP contribution >= 0.6 is 0 Å². The standard InChI is InChI=1S/C17H29NO2S/c1-5-12-18-17(7-3)14(4)15-8-10-16(11-9-15)21(19,20)13-6-2/h8-11,14,17-18H,5-7,12-13H2,1-4H3. The Labute approximate surface area is 130 Å². The minimum atomic E-state index is -3.11. The van der Waals surface area contributed by atoms with Gasteiger partial charge < -0.3 is 5.32 Å². The lowest BCUT2D eigenvalue weighted by Gasteiger charge is -2.24. The summed E-state index contributed by atoms with van der Waals surface area (Å²) < 4.78 is 24.1. The van der Waals surface area contributed by atoms with Crippen molar-refractivity contribution in [3.05, 3.63) is 29.8 Å². The second kappa shape index (κ2) is 8.54. The number of sulfone groups is 1. The fourth-order valence-corrected chi connectivity index (χ4v) is 3.93. The SMILES string of the molecule is CCCNC(CC)C(C)c1ccc(S(=O)(=O)CCC)cc1. The third-order valence-electron chi connectivity index (χ3n) is 3.94. The molecular weight excluding hydrogens is 282 g/mol. The Morgan fingerprint density at radius 1 is 1.05 bits per heavy atom. The van der Waals surface area contributed by atoms with E-state index in [1.807, 2.05) is 19.1 Å². The molecule has 3 nitrogen and oxygen atoms in total. The highest BCUT2D eigenvalue weighted by molar-refractivity contribution is 7.91. The molecular formula is C17H29NO2S. The largest absolute Gasteiger partial charge is 0.313 e. The van der Waals surface area contributed by atoms with E-state index < -0.39 is 9.84 Å². The highest BCUT2D eigenvalue weighted by Crippen LogP contribution is 2.23. The molecule has 1 aromatic carbocycles. The van der Waals surface area contributed by atoms with E-state index in [1.54, 1.807) is 12.1 Å². The van der Waals surface area contributed by atoms with Crippen LogP contribution in [-0.4, -0.2) is 26.8 Å². The quantitative estimate of drug-likeness (QED) is 0.755. The molecule has 0 spiro atoms. The first-order valence-corrected chi connectivity index (χ1v) is 9.67. The summed E-state index contributed by atoms with van der Waals surface area (Å²) >= 11 is 0. The Hall–Kier alpha value is -0.870. The van der Waals surface area contributed by atoms with E-state index >= 15 is 0 Å². The monoisotopic (exact) mass is 311 g/mol. The van der Waals surface area contributed by atoms with Crippen molar-refractivity contribution < 1.29 is 8.42 Å². The van der Waals surface area contributed by atoms with Crippen LogP contribution in [0.4, 0.5) is 0 Å². The van der Waals surface area contributed by atoms with E-state index in [2.05, 4.69) is 26.1 Å². The van der Waals surface area contributed by atoms with Crippen molar-refractivity contribution in [3.8, 4) is 0 Å². The zero-order valence-corrected chi connectivity index (χ0v) is 14.5. The summed E-state index contributed by atoms with van der Waals surface area (Å²) in [6, 6.07) is 7.86. The third kappa shape index (κ3) is 5.11. The molecule has 0 saturated carbocycles. The normalized spacial score (nSPS) is 14.9. The Kier molecular flexibility index (Phi) is 7.40. The van der Waals surface area contributed by atoms with Crippen LogP contribution in [0.2, 0.25) is 0 Å². The van der Waals surface area contributed by atoms with Gasteiger partial charge in [0.05, 0.1) is 10.6 Å². The van der Waals surface area contributed by atoms with Crippen LogP contribution in [0, 0.1) is 0 Å². The number of rotatable bonds is 9. The average Bonchev–Trinajstić information content (AvgIpc) is 2.48. The summed E-state index contributed by atoms with van der Waals surface area (Å²) in [6.45, 7) is 9.46. The molecule has 0 bridgehead atoms. The highest BCUT2D eigenvalue weighted by atomic mass is 32.2. The molecule has 4 heteroatoms. The molecule has 1 aromatic rings. The van der Waals surface area contributed by atoms with Crippen LogP contribution in [0.5, 0.6) is 0 Å². The average molecular weight is 311 g/mol. The molecule has 2 unspecified atom stereocenters. The smallest absolute Gasteiger partial charge is 0.178 e. The predicted molar refractivity (Wildman–Crippen MR) is 89.6 cm³/mol. The molecule has 21 heavy (non-hydrogen) atoms. The number of benzene rings is 1. The van der Waals surface area contributed by atoms with Gasteiger partial charge in [0.15, 0.2) is 9.84 Å². The van der Waals surface area contributed by atoms with Gasteiger partial charge in [-0.05, 0) is 49.4 Å².